The zero-order chi connectivity index (χ0) is 15.9. The first-order chi connectivity index (χ1) is 9.83. The Kier molecular flexibility index (Phi) is 6.41. The molecule has 0 aliphatic rings. The molecule has 0 spiro atoms. The molecule has 0 unspecified atom stereocenters. The van der Waals surface area contributed by atoms with E-state index in [1.165, 1.54) is 12.1 Å². The number of nitrogens with zero attached hydrogens (tertiary/aromatic N) is 1. The topological polar surface area (TPSA) is 70.6 Å². The number of nitrogens with one attached hydrogen (secondary N) is 1. The van der Waals surface area contributed by atoms with Gasteiger partial charge < -0.3 is 16.3 Å². The maximum Gasteiger partial charge on any atom is 0.389 e. The van der Waals surface area contributed by atoms with Crippen molar-refractivity contribution in [3.63, 3.8) is 0 Å². The third kappa shape index (κ3) is 6.44. The Bertz CT molecular complexity index is 489. The van der Waals surface area contributed by atoms with Gasteiger partial charge in [-0.3, -0.25) is 0 Å². The smallest absolute Gasteiger partial charge is 0.389 e. The lowest BCUT2D eigenvalue weighted by Gasteiger charge is -2.10. The summed E-state index contributed by atoms with van der Waals surface area (Å²) >= 11 is 0. The predicted molar refractivity (Wildman–Crippen MR) is 70.5 cm³/mol. The number of alkyl halides is 3. The van der Waals surface area contributed by atoms with E-state index in [0.717, 1.165) is 6.07 Å². The minimum absolute atomic E-state index is 0.0486. The van der Waals surface area contributed by atoms with E-state index in [1.54, 1.807) is 0 Å². The third-order valence-electron chi connectivity index (χ3n) is 2.83. The maximum absolute atomic E-state index is 13.1. The van der Waals surface area contributed by atoms with Crippen LogP contribution in [-0.2, 0) is 6.54 Å². The quantitative estimate of drug-likeness (QED) is 0.181. The van der Waals surface area contributed by atoms with Crippen molar-refractivity contribution in [2.24, 2.45) is 10.9 Å². The number of hydrogen-bond donors (Lipinski definition) is 3. The SMILES string of the molecule is N/C(=N/O)c1cc(F)ccc1CNCCCCC(F)(F)F. The molecule has 0 radical (unpaired) electrons. The van der Waals surface area contributed by atoms with Gasteiger partial charge in [-0.1, -0.05) is 11.2 Å². The van der Waals surface area contributed by atoms with Crippen LogP contribution in [-0.4, -0.2) is 23.8 Å². The zero-order valence-corrected chi connectivity index (χ0v) is 11.3. The summed E-state index contributed by atoms with van der Waals surface area (Å²) in [5.74, 6) is -0.742. The second kappa shape index (κ2) is 7.82. The number of oxime groups is 1. The molecule has 0 atom stereocenters. The summed E-state index contributed by atoms with van der Waals surface area (Å²) < 4.78 is 49.0. The molecule has 1 rings (SSSR count). The molecule has 0 amide bonds. The molecule has 118 valence electrons. The first-order valence-electron chi connectivity index (χ1n) is 6.37. The van der Waals surface area contributed by atoms with Crippen LogP contribution >= 0.6 is 0 Å². The Balaban J connectivity index is 2.45. The Morgan fingerprint density at radius 1 is 1.29 bits per heavy atom. The molecular formula is C13H17F4N3O. The number of rotatable bonds is 7. The summed E-state index contributed by atoms with van der Waals surface area (Å²) in [6.45, 7) is 0.681. The highest BCUT2D eigenvalue weighted by atomic mass is 19.4. The van der Waals surface area contributed by atoms with Gasteiger partial charge in [-0.2, -0.15) is 13.2 Å². The van der Waals surface area contributed by atoms with Crippen LogP contribution in [0.2, 0.25) is 0 Å². The van der Waals surface area contributed by atoms with Crippen molar-refractivity contribution in [2.75, 3.05) is 6.54 Å². The average Bonchev–Trinajstić information content (AvgIpc) is 2.41. The van der Waals surface area contributed by atoms with Crippen molar-refractivity contribution < 1.29 is 22.8 Å². The van der Waals surface area contributed by atoms with Crippen LogP contribution < -0.4 is 11.1 Å². The van der Waals surface area contributed by atoms with Crippen LogP contribution in [0.15, 0.2) is 23.4 Å². The van der Waals surface area contributed by atoms with Crippen LogP contribution in [0.1, 0.15) is 30.4 Å². The number of nitrogens with two attached hydrogens (primary N) is 1. The lowest BCUT2D eigenvalue weighted by atomic mass is 10.1. The van der Waals surface area contributed by atoms with Gasteiger partial charge in [-0.05, 0) is 37.1 Å². The van der Waals surface area contributed by atoms with Gasteiger partial charge in [0.2, 0.25) is 0 Å². The fraction of sp³-hybridized carbons (Fsp3) is 0.462. The molecule has 0 fully saturated rings. The minimum atomic E-state index is -4.13. The zero-order valence-electron chi connectivity index (χ0n) is 11.3. The van der Waals surface area contributed by atoms with Crippen molar-refractivity contribution in [3.8, 4) is 0 Å². The summed E-state index contributed by atoms with van der Waals surface area (Å²) in [6.07, 6.45) is -4.51. The second-order valence-corrected chi connectivity index (χ2v) is 4.54. The minimum Gasteiger partial charge on any atom is -0.409 e. The summed E-state index contributed by atoms with van der Waals surface area (Å²) in [4.78, 5) is 0. The Hall–Kier alpha value is -1.83. The highest BCUT2D eigenvalue weighted by Gasteiger charge is 2.25. The summed E-state index contributed by atoms with van der Waals surface area (Å²) in [6, 6.07) is 3.84. The first-order valence-corrected chi connectivity index (χ1v) is 6.37. The van der Waals surface area contributed by atoms with Crippen molar-refractivity contribution in [3.05, 3.63) is 35.1 Å². The van der Waals surface area contributed by atoms with E-state index >= 15 is 0 Å². The largest absolute Gasteiger partial charge is 0.409 e. The van der Waals surface area contributed by atoms with Crippen LogP contribution in [0.4, 0.5) is 17.6 Å². The fourth-order valence-electron chi connectivity index (χ4n) is 1.79. The number of halogens is 4. The highest BCUT2D eigenvalue weighted by molar-refractivity contribution is 5.98. The number of amidine groups is 1. The second-order valence-electron chi connectivity index (χ2n) is 4.54. The van der Waals surface area contributed by atoms with E-state index in [0.29, 0.717) is 18.5 Å². The molecule has 0 saturated carbocycles. The maximum atomic E-state index is 13.1. The lowest BCUT2D eigenvalue weighted by molar-refractivity contribution is -0.135. The molecule has 4 nitrogen and oxygen atoms in total. The van der Waals surface area contributed by atoms with Gasteiger partial charge in [-0.25, -0.2) is 4.39 Å². The molecule has 8 heteroatoms. The third-order valence-corrected chi connectivity index (χ3v) is 2.83. The summed E-state index contributed by atoms with van der Waals surface area (Å²) in [7, 11) is 0. The molecule has 0 aliphatic heterocycles. The Labute approximate surface area is 119 Å². The van der Waals surface area contributed by atoms with E-state index < -0.39 is 18.4 Å². The molecule has 0 bridgehead atoms. The number of hydrogen-bond acceptors (Lipinski definition) is 3. The molecule has 21 heavy (non-hydrogen) atoms. The van der Waals surface area contributed by atoms with Crippen molar-refractivity contribution >= 4 is 5.84 Å². The first kappa shape index (κ1) is 17.2. The van der Waals surface area contributed by atoms with E-state index in [2.05, 4.69) is 10.5 Å². The summed E-state index contributed by atoms with van der Waals surface area (Å²) in [5.41, 5.74) is 6.29. The molecule has 1 aromatic rings. The van der Waals surface area contributed by atoms with Crippen LogP contribution in [0, 0.1) is 5.82 Å². The number of benzene rings is 1. The van der Waals surface area contributed by atoms with Gasteiger partial charge in [-0.15, -0.1) is 0 Å². The van der Waals surface area contributed by atoms with Gasteiger partial charge in [0, 0.05) is 18.5 Å². The van der Waals surface area contributed by atoms with Crippen molar-refractivity contribution in [2.45, 2.75) is 32.0 Å². The van der Waals surface area contributed by atoms with Crippen LogP contribution in [0.25, 0.3) is 0 Å². The molecule has 0 aromatic heterocycles. The monoisotopic (exact) mass is 307 g/mol. The van der Waals surface area contributed by atoms with Gasteiger partial charge in [0.15, 0.2) is 5.84 Å². The lowest BCUT2D eigenvalue weighted by Crippen LogP contribution is -2.21. The van der Waals surface area contributed by atoms with E-state index in [-0.39, 0.29) is 24.4 Å². The molecule has 0 aliphatic carbocycles. The normalized spacial score (nSPS) is 12.7. The van der Waals surface area contributed by atoms with Gasteiger partial charge in [0.1, 0.15) is 5.82 Å². The predicted octanol–water partition coefficient (Wildman–Crippen LogP) is 2.74. The van der Waals surface area contributed by atoms with Crippen molar-refractivity contribution in [1.82, 2.24) is 5.32 Å². The molecule has 0 heterocycles. The number of unbranched alkanes of at least 4 members (excludes halogenated alkanes) is 1. The van der Waals surface area contributed by atoms with E-state index in [9.17, 15) is 17.6 Å². The standard InChI is InChI=1S/C13H17F4N3O/c14-10-4-3-9(11(7-10)12(18)20-21)8-19-6-2-1-5-13(15,16)17/h3-4,7,19,21H,1-2,5-6,8H2,(H2,18,20). The van der Waals surface area contributed by atoms with E-state index in [1.807, 2.05) is 0 Å². The van der Waals surface area contributed by atoms with Crippen LogP contribution in [0.5, 0.6) is 0 Å². The van der Waals surface area contributed by atoms with Gasteiger partial charge in [0.05, 0.1) is 0 Å². The average molecular weight is 307 g/mol. The Morgan fingerprint density at radius 3 is 2.62 bits per heavy atom. The summed E-state index contributed by atoms with van der Waals surface area (Å²) in [5, 5.41) is 14.4. The Morgan fingerprint density at radius 2 is 2.00 bits per heavy atom. The fourth-order valence-corrected chi connectivity index (χ4v) is 1.79. The van der Waals surface area contributed by atoms with E-state index in [4.69, 9.17) is 10.9 Å². The molecule has 1 aromatic carbocycles. The molecule has 4 N–H and O–H groups in total. The molecular weight excluding hydrogens is 290 g/mol. The van der Waals surface area contributed by atoms with Gasteiger partial charge >= 0.3 is 6.18 Å². The van der Waals surface area contributed by atoms with Crippen molar-refractivity contribution in [1.29, 1.82) is 0 Å². The highest BCUT2D eigenvalue weighted by Crippen LogP contribution is 2.21. The molecule has 0 saturated heterocycles. The van der Waals surface area contributed by atoms with Gasteiger partial charge in [0.25, 0.3) is 0 Å². The van der Waals surface area contributed by atoms with Crippen LogP contribution in [0.3, 0.4) is 0 Å².